The zero-order valence-corrected chi connectivity index (χ0v) is 19.7. The Hall–Kier alpha value is -1.78. The number of phenolic OH excluding ortho intramolecular Hbond substituents is 1. The number of rotatable bonds is 7. The van der Waals surface area contributed by atoms with Gasteiger partial charge in [0.2, 0.25) is 0 Å². The molecule has 2 rings (SSSR count). The minimum absolute atomic E-state index is 0.00472. The molecule has 28 heavy (non-hydrogen) atoms. The summed E-state index contributed by atoms with van der Waals surface area (Å²) < 4.78 is 12.2. The Morgan fingerprint density at radius 1 is 1.04 bits per heavy atom. The molecule has 1 atom stereocenters. The lowest BCUT2D eigenvalue weighted by molar-refractivity contribution is 0.173. The summed E-state index contributed by atoms with van der Waals surface area (Å²) >= 11 is 0. The zero-order chi connectivity index (χ0) is 21.1. The normalized spacial score (nSPS) is 13.4. The molecule has 3 nitrogen and oxygen atoms in total. The monoisotopic (exact) mass is 400 g/mol. The quantitative estimate of drug-likeness (QED) is 0.525. The van der Waals surface area contributed by atoms with E-state index in [1.54, 1.807) is 7.11 Å². The van der Waals surface area contributed by atoms with Crippen molar-refractivity contribution in [1.29, 1.82) is 0 Å². The topological polar surface area (TPSA) is 38.7 Å². The molecule has 4 heteroatoms. The number of aryl methyl sites for hydroxylation is 3. The lowest BCUT2D eigenvalue weighted by Gasteiger charge is -2.39. The van der Waals surface area contributed by atoms with Gasteiger partial charge in [-0.05, 0) is 91.3 Å². The first-order chi connectivity index (χ1) is 12.9. The number of aromatic hydroxyl groups is 1. The van der Waals surface area contributed by atoms with Crippen LogP contribution < -0.4 is 4.74 Å². The van der Waals surface area contributed by atoms with Gasteiger partial charge < -0.3 is 14.3 Å². The zero-order valence-electron chi connectivity index (χ0n) is 18.7. The molecule has 0 bridgehead atoms. The summed E-state index contributed by atoms with van der Waals surface area (Å²) in [4.78, 5) is 0. The molecule has 2 aromatic rings. The minimum Gasteiger partial charge on any atom is -0.507 e. The fourth-order valence-corrected chi connectivity index (χ4v) is 4.45. The van der Waals surface area contributed by atoms with Crippen molar-refractivity contribution in [2.24, 2.45) is 0 Å². The number of phenols is 1. The van der Waals surface area contributed by atoms with Crippen LogP contribution in [0.2, 0.25) is 18.1 Å². The van der Waals surface area contributed by atoms with Crippen LogP contribution in [0.1, 0.15) is 55.5 Å². The van der Waals surface area contributed by atoms with Crippen LogP contribution in [0.3, 0.4) is 0 Å². The van der Waals surface area contributed by atoms with Gasteiger partial charge in [0.05, 0.1) is 13.2 Å². The van der Waals surface area contributed by atoms with Crippen LogP contribution in [0.15, 0.2) is 36.4 Å². The summed E-state index contributed by atoms with van der Waals surface area (Å²) in [6, 6.07) is 12.4. The molecular weight excluding hydrogens is 364 g/mol. The molecule has 0 spiro atoms. The predicted octanol–water partition coefficient (Wildman–Crippen LogP) is 6.71. The molecule has 0 aliphatic rings. The van der Waals surface area contributed by atoms with Crippen LogP contribution in [0.25, 0.3) is 0 Å². The van der Waals surface area contributed by atoms with Crippen molar-refractivity contribution in [3.63, 3.8) is 0 Å². The highest BCUT2D eigenvalue weighted by atomic mass is 28.4. The second kappa shape index (κ2) is 8.71. The van der Waals surface area contributed by atoms with E-state index in [-0.39, 0.29) is 11.1 Å². The summed E-state index contributed by atoms with van der Waals surface area (Å²) in [7, 11) is -0.243. The first-order valence-corrected chi connectivity index (χ1v) is 13.0. The van der Waals surface area contributed by atoms with Crippen molar-refractivity contribution < 1.29 is 14.3 Å². The molecule has 1 unspecified atom stereocenters. The third-order valence-corrected chi connectivity index (χ3v) is 10.4. The van der Waals surface area contributed by atoms with Gasteiger partial charge in [0.15, 0.2) is 8.32 Å². The Kier molecular flexibility index (Phi) is 7.00. The van der Waals surface area contributed by atoms with Crippen molar-refractivity contribution in [3.05, 3.63) is 58.7 Å². The van der Waals surface area contributed by atoms with Gasteiger partial charge in [-0.15, -0.1) is 0 Å². The predicted molar refractivity (Wildman–Crippen MR) is 120 cm³/mol. The average molecular weight is 401 g/mol. The van der Waals surface area contributed by atoms with Crippen molar-refractivity contribution in [2.45, 2.75) is 71.7 Å². The van der Waals surface area contributed by atoms with E-state index >= 15 is 0 Å². The van der Waals surface area contributed by atoms with Gasteiger partial charge >= 0.3 is 0 Å². The summed E-state index contributed by atoms with van der Waals surface area (Å²) in [5, 5.41) is 10.3. The van der Waals surface area contributed by atoms with Gasteiger partial charge in [-0.2, -0.15) is 0 Å². The largest absolute Gasteiger partial charge is 0.507 e. The molecule has 0 saturated carbocycles. The van der Waals surface area contributed by atoms with Gasteiger partial charge in [-0.3, -0.25) is 0 Å². The molecule has 0 aliphatic heterocycles. The van der Waals surface area contributed by atoms with E-state index in [1.165, 1.54) is 5.56 Å². The third kappa shape index (κ3) is 5.39. The Labute approximate surface area is 171 Å². The molecule has 0 heterocycles. The standard InChI is InChI=1S/C24H36O3Si/c1-17-14-20(15-18(2)23(17)25)22(27-28(7,8)24(3,4)5)13-12-19-10-9-11-21(16-19)26-6/h9-11,14-16,22,25H,12-13H2,1-8H3. The summed E-state index contributed by atoms with van der Waals surface area (Å²) in [6.07, 6.45) is 1.81. The molecule has 0 fully saturated rings. The van der Waals surface area contributed by atoms with E-state index in [0.717, 1.165) is 35.3 Å². The van der Waals surface area contributed by atoms with E-state index < -0.39 is 8.32 Å². The fourth-order valence-electron chi connectivity index (χ4n) is 3.13. The number of hydrogen-bond donors (Lipinski definition) is 1. The molecule has 0 aliphatic carbocycles. The maximum absolute atomic E-state index is 10.2. The maximum atomic E-state index is 10.2. The highest BCUT2D eigenvalue weighted by Gasteiger charge is 2.39. The van der Waals surface area contributed by atoms with Crippen molar-refractivity contribution in [3.8, 4) is 11.5 Å². The van der Waals surface area contributed by atoms with E-state index in [9.17, 15) is 5.11 Å². The molecule has 2 aromatic carbocycles. The van der Waals surface area contributed by atoms with E-state index in [1.807, 2.05) is 26.0 Å². The van der Waals surface area contributed by atoms with Gasteiger partial charge in [-0.1, -0.05) is 32.9 Å². The highest BCUT2D eigenvalue weighted by Crippen LogP contribution is 2.41. The third-order valence-electron chi connectivity index (χ3n) is 5.96. The van der Waals surface area contributed by atoms with Crippen molar-refractivity contribution in [2.75, 3.05) is 7.11 Å². The van der Waals surface area contributed by atoms with Crippen molar-refractivity contribution >= 4 is 8.32 Å². The molecule has 0 aromatic heterocycles. The van der Waals surface area contributed by atoms with Crippen molar-refractivity contribution in [1.82, 2.24) is 0 Å². The van der Waals surface area contributed by atoms with E-state index in [0.29, 0.717) is 5.75 Å². The summed E-state index contributed by atoms with van der Waals surface area (Å²) in [5.74, 6) is 1.26. The smallest absolute Gasteiger partial charge is 0.192 e. The minimum atomic E-state index is -1.94. The highest BCUT2D eigenvalue weighted by molar-refractivity contribution is 6.74. The van der Waals surface area contributed by atoms with Gasteiger partial charge in [0.25, 0.3) is 0 Å². The second-order valence-electron chi connectivity index (χ2n) is 9.26. The Balaban J connectivity index is 2.33. The molecular formula is C24H36O3Si. The molecule has 0 radical (unpaired) electrons. The molecule has 0 saturated heterocycles. The first kappa shape index (κ1) is 22.5. The Morgan fingerprint density at radius 3 is 2.18 bits per heavy atom. The second-order valence-corrected chi connectivity index (χ2v) is 14.0. The van der Waals surface area contributed by atoms with Gasteiger partial charge in [-0.25, -0.2) is 0 Å². The lowest BCUT2D eigenvalue weighted by atomic mass is 9.97. The average Bonchev–Trinajstić information content (AvgIpc) is 2.61. The van der Waals surface area contributed by atoms with Gasteiger partial charge in [0.1, 0.15) is 11.5 Å². The van der Waals surface area contributed by atoms with E-state index in [4.69, 9.17) is 9.16 Å². The van der Waals surface area contributed by atoms with Crippen LogP contribution in [0, 0.1) is 13.8 Å². The Bertz CT molecular complexity index is 783. The van der Waals surface area contributed by atoms with Crippen LogP contribution in [-0.2, 0) is 10.8 Å². The number of ether oxygens (including phenoxy) is 1. The fraction of sp³-hybridized carbons (Fsp3) is 0.500. The first-order valence-electron chi connectivity index (χ1n) is 10.1. The van der Waals surface area contributed by atoms with Crippen LogP contribution >= 0.6 is 0 Å². The summed E-state index contributed by atoms with van der Waals surface area (Å²) in [6.45, 7) is 15.3. The Morgan fingerprint density at radius 2 is 1.64 bits per heavy atom. The van der Waals surface area contributed by atoms with E-state index in [2.05, 4.69) is 58.1 Å². The molecule has 154 valence electrons. The molecule has 0 amide bonds. The summed E-state index contributed by atoms with van der Waals surface area (Å²) in [5.41, 5.74) is 4.20. The number of methoxy groups -OCH3 is 1. The van der Waals surface area contributed by atoms with Crippen LogP contribution in [-0.4, -0.2) is 20.5 Å². The SMILES string of the molecule is COc1cccc(CCC(O[Si](C)(C)C(C)(C)C)c2cc(C)c(O)c(C)c2)c1. The van der Waals surface area contributed by atoms with Crippen LogP contribution in [0.5, 0.6) is 11.5 Å². The number of benzene rings is 2. The van der Waals surface area contributed by atoms with Crippen LogP contribution in [0.4, 0.5) is 0 Å². The van der Waals surface area contributed by atoms with Gasteiger partial charge in [0, 0.05) is 0 Å². The lowest BCUT2D eigenvalue weighted by Crippen LogP contribution is -2.42. The molecule has 1 N–H and O–H groups in total. The number of hydrogen-bond acceptors (Lipinski definition) is 3. The maximum Gasteiger partial charge on any atom is 0.192 e.